The van der Waals surface area contributed by atoms with Gasteiger partial charge >= 0.3 is 5.97 Å². The van der Waals surface area contributed by atoms with E-state index in [2.05, 4.69) is 6.58 Å². The first-order chi connectivity index (χ1) is 5.00. The second kappa shape index (κ2) is 3.50. The lowest BCUT2D eigenvalue weighted by Crippen LogP contribution is -2.28. The highest BCUT2D eigenvalue weighted by molar-refractivity contribution is 6.16. The Morgan fingerprint density at radius 3 is 2.27 bits per heavy atom. The fourth-order valence-electron chi connectivity index (χ4n) is 0.352. The van der Waals surface area contributed by atoms with Gasteiger partial charge < -0.3 is 5.11 Å². The summed E-state index contributed by atoms with van der Waals surface area (Å²) in [6.45, 7) is 2.97. The van der Waals surface area contributed by atoms with Crippen molar-refractivity contribution in [3.05, 3.63) is 12.2 Å². The highest BCUT2D eigenvalue weighted by Crippen LogP contribution is 1.94. The van der Waals surface area contributed by atoms with Crippen molar-refractivity contribution in [1.82, 2.24) is 4.90 Å². The minimum absolute atomic E-state index is 0.219. The molecule has 0 aromatic carbocycles. The van der Waals surface area contributed by atoms with Gasteiger partial charge in [-0.3, -0.25) is 14.5 Å². The van der Waals surface area contributed by atoms with E-state index >= 15 is 0 Å². The third-order valence-electron chi connectivity index (χ3n) is 0.995. The van der Waals surface area contributed by atoms with Gasteiger partial charge in [-0.2, -0.15) is 0 Å². The van der Waals surface area contributed by atoms with Crippen molar-refractivity contribution >= 4 is 18.3 Å². The molecule has 0 spiro atoms. The molecular formula is C6H7NO4. The summed E-state index contributed by atoms with van der Waals surface area (Å²) in [7, 11) is 1.16. The van der Waals surface area contributed by atoms with E-state index in [4.69, 9.17) is 5.11 Å². The normalized spacial score (nSPS) is 8.45. The number of amides is 2. The minimum Gasteiger partial charge on any atom is -0.478 e. The van der Waals surface area contributed by atoms with E-state index in [0.717, 1.165) is 7.05 Å². The van der Waals surface area contributed by atoms with Gasteiger partial charge in [-0.1, -0.05) is 6.58 Å². The fraction of sp³-hybridized carbons (Fsp3) is 0.167. The molecule has 2 amide bonds. The van der Waals surface area contributed by atoms with Gasteiger partial charge in [0, 0.05) is 7.05 Å². The number of nitrogens with zero attached hydrogens (tertiary/aromatic N) is 1. The Kier molecular flexibility index (Phi) is 2.98. The molecule has 0 aliphatic carbocycles. The largest absolute Gasteiger partial charge is 0.478 e. The molecule has 0 atom stereocenters. The lowest BCUT2D eigenvalue weighted by Gasteiger charge is -2.06. The Labute approximate surface area is 62.9 Å². The number of carbonyl (C=O) groups is 3. The van der Waals surface area contributed by atoms with Crippen LogP contribution in [0.1, 0.15) is 0 Å². The zero-order chi connectivity index (χ0) is 9.02. The van der Waals surface area contributed by atoms with E-state index in [1.807, 2.05) is 0 Å². The average molecular weight is 157 g/mol. The summed E-state index contributed by atoms with van der Waals surface area (Å²) in [6.07, 6.45) is 0.219. The molecule has 0 saturated heterocycles. The number of aliphatic carboxylic acids is 1. The smallest absolute Gasteiger partial charge is 0.340 e. The van der Waals surface area contributed by atoms with Crippen LogP contribution in [0.3, 0.4) is 0 Å². The van der Waals surface area contributed by atoms with E-state index in [1.165, 1.54) is 0 Å². The Hall–Kier alpha value is -1.65. The lowest BCUT2D eigenvalue weighted by molar-refractivity contribution is -0.138. The second-order valence-electron chi connectivity index (χ2n) is 1.81. The quantitative estimate of drug-likeness (QED) is 0.253. The molecule has 11 heavy (non-hydrogen) atoms. The van der Waals surface area contributed by atoms with E-state index in [9.17, 15) is 14.4 Å². The molecule has 60 valence electrons. The Balaban J connectivity index is 4.37. The van der Waals surface area contributed by atoms with Gasteiger partial charge in [0.1, 0.15) is 5.57 Å². The van der Waals surface area contributed by atoms with Crippen molar-refractivity contribution in [2.45, 2.75) is 0 Å². The summed E-state index contributed by atoms with van der Waals surface area (Å²) in [6, 6.07) is 0. The maximum Gasteiger partial charge on any atom is 0.340 e. The van der Waals surface area contributed by atoms with Crippen LogP contribution in [0.4, 0.5) is 0 Å². The van der Waals surface area contributed by atoms with E-state index in [1.54, 1.807) is 0 Å². The third kappa shape index (κ3) is 2.21. The third-order valence-corrected chi connectivity index (χ3v) is 0.995. The van der Waals surface area contributed by atoms with Crippen molar-refractivity contribution in [1.29, 1.82) is 0 Å². The summed E-state index contributed by atoms with van der Waals surface area (Å²) >= 11 is 0. The Morgan fingerprint density at radius 2 is 2.00 bits per heavy atom. The van der Waals surface area contributed by atoms with Gasteiger partial charge in [0.05, 0.1) is 0 Å². The molecule has 0 heterocycles. The van der Waals surface area contributed by atoms with Crippen LogP contribution in [0, 0.1) is 0 Å². The predicted octanol–water partition coefficient (Wildman–Crippen LogP) is -0.758. The van der Waals surface area contributed by atoms with E-state index in [0.29, 0.717) is 4.90 Å². The van der Waals surface area contributed by atoms with E-state index in [-0.39, 0.29) is 6.41 Å². The number of hydrogen-bond donors (Lipinski definition) is 1. The molecule has 0 bridgehead atoms. The Bertz CT molecular complexity index is 221. The van der Waals surface area contributed by atoms with Crippen LogP contribution in [-0.2, 0) is 14.4 Å². The van der Waals surface area contributed by atoms with Crippen LogP contribution < -0.4 is 0 Å². The van der Waals surface area contributed by atoms with Crippen LogP contribution >= 0.6 is 0 Å². The highest BCUT2D eigenvalue weighted by atomic mass is 16.4. The highest BCUT2D eigenvalue weighted by Gasteiger charge is 2.17. The van der Waals surface area contributed by atoms with Crippen molar-refractivity contribution in [3.63, 3.8) is 0 Å². The molecule has 0 aliphatic rings. The van der Waals surface area contributed by atoms with Crippen molar-refractivity contribution in [2.24, 2.45) is 0 Å². The van der Waals surface area contributed by atoms with Crippen molar-refractivity contribution in [2.75, 3.05) is 7.05 Å². The maximum atomic E-state index is 10.7. The first-order valence-corrected chi connectivity index (χ1v) is 2.65. The number of likely N-dealkylation sites (N-methyl/N-ethyl adjacent to an activating group) is 1. The summed E-state index contributed by atoms with van der Waals surface area (Å²) in [5.74, 6) is -2.34. The van der Waals surface area contributed by atoms with Crippen LogP contribution in [-0.4, -0.2) is 35.3 Å². The first-order valence-electron chi connectivity index (χ1n) is 2.65. The zero-order valence-electron chi connectivity index (χ0n) is 5.90. The molecule has 0 radical (unpaired) electrons. The number of carboxylic acid groups (broad SMARTS) is 1. The van der Waals surface area contributed by atoms with Gasteiger partial charge in [-0.25, -0.2) is 4.79 Å². The predicted molar refractivity (Wildman–Crippen MR) is 35.6 cm³/mol. The van der Waals surface area contributed by atoms with Crippen LogP contribution in [0.15, 0.2) is 12.2 Å². The number of hydrogen-bond acceptors (Lipinski definition) is 3. The zero-order valence-corrected chi connectivity index (χ0v) is 5.90. The number of carbonyl (C=O) groups excluding carboxylic acids is 2. The standard InChI is InChI=1S/C6H7NO4/c1-4(6(10)11)5(9)7(2)3-8/h3H,1H2,2H3,(H,10,11). The molecule has 0 rings (SSSR count). The van der Waals surface area contributed by atoms with Crippen LogP contribution in [0.25, 0.3) is 0 Å². The minimum atomic E-state index is -1.43. The topological polar surface area (TPSA) is 74.7 Å². The maximum absolute atomic E-state index is 10.7. The van der Waals surface area contributed by atoms with Gasteiger partial charge in [0.25, 0.3) is 5.91 Å². The molecule has 0 aromatic heterocycles. The van der Waals surface area contributed by atoms with E-state index < -0.39 is 17.4 Å². The summed E-state index contributed by atoms with van der Waals surface area (Å²) < 4.78 is 0. The molecular weight excluding hydrogens is 150 g/mol. The SMILES string of the molecule is C=C(C(=O)O)C(=O)N(C)C=O. The number of rotatable bonds is 3. The molecule has 1 N–H and O–H groups in total. The summed E-state index contributed by atoms with van der Waals surface area (Å²) in [5.41, 5.74) is -0.625. The average Bonchev–Trinajstić information content (AvgIpc) is 2.00. The van der Waals surface area contributed by atoms with Crippen LogP contribution in [0.2, 0.25) is 0 Å². The number of imide groups is 1. The molecule has 5 nitrogen and oxygen atoms in total. The van der Waals surface area contributed by atoms with Gasteiger partial charge in [0.15, 0.2) is 0 Å². The number of carboxylic acids is 1. The van der Waals surface area contributed by atoms with Gasteiger partial charge in [-0.15, -0.1) is 0 Å². The van der Waals surface area contributed by atoms with Crippen molar-refractivity contribution in [3.8, 4) is 0 Å². The van der Waals surface area contributed by atoms with Gasteiger partial charge in [0.2, 0.25) is 6.41 Å². The fourth-order valence-corrected chi connectivity index (χ4v) is 0.352. The molecule has 0 unspecified atom stereocenters. The molecule has 0 fully saturated rings. The van der Waals surface area contributed by atoms with Crippen LogP contribution in [0.5, 0.6) is 0 Å². The Morgan fingerprint density at radius 1 is 1.55 bits per heavy atom. The molecule has 0 aromatic rings. The second-order valence-corrected chi connectivity index (χ2v) is 1.81. The van der Waals surface area contributed by atoms with Crippen molar-refractivity contribution < 1.29 is 19.5 Å². The van der Waals surface area contributed by atoms with Gasteiger partial charge in [-0.05, 0) is 0 Å². The lowest BCUT2D eigenvalue weighted by atomic mass is 10.3. The molecule has 0 saturated carbocycles. The molecule has 5 heteroatoms. The molecule has 0 aliphatic heterocycles. The monoisotopic (exact) mass is 157 g/mol. The summed E-state index contributed by atoms with van der Waals surface area (Å²) in [5, 5.41) is 8.23. The first kappa shape index (κ1) is 9.35. The summed E-state index contributed by atoms with van der Waals surface area (Å²) in [4.78, 5) is 31.4.